The lowest BCUT2D eigenvalue weighted by Gasteiger charge is -2.32. The van der Waals surface area contributed by atoms with Gasteiger partial charge < -0.3 is 9.64 Å². The maximum absolute atomic E-state index is 12.4. The molecule has 0 atom stereocenters. The van der Waals surface area contributed by atoms with Crippen LogP contribution in [0.1, 0.15) is 58.3 Å². The first-order valence-corrected chi connectivity index (χ1v) is 12.4. The third-order valence-corrected chi connectivity index (χ3v) is 7.96. The zero-order valence-electron chi connectivity index (χ0n) is 17.5. The fourth-order valence-electron chi connectivity index (χ4n) is 4.16. The molecule has 3 rings (SSSR count). The third kappa shape index (κ3) is 5.84. The van der Waals surface area contributed by atoms with Crippen LogP contribution in [0.3, 0.4) is 0 Å². The number of carbonyl (C=O) groups excluding carboxylic acids is 1. The maximum atomic E-state index is 12.4. The fourth-order valence-corrected chi connectivity index (χ4v) is 4.98. The van der Waals surface area contributed by atoms with Crippen LogP contribution in [0.15, 0.2) is 18.3 Å². The fraction of sp³-hybridized carbons (Fsp3) is 0.714. The minimum Gasteiger partial charge on any atom is -0.474 e. The van der Waals surface area contributed by atoms with Crippen molar-refractivity contribution in [2.75, 3.05) is 30.2 Å². The SMILES string of the molecule is CCS(=O)(=O)N(C)c1ccc(OC2CCN(C(=O)CCC3CCCC3)CC2)nc1. The lowest BCUT2D eigenvalue weighted by atomic mass is 10.0. The highest BCUT2D eigenvalue weighted by molar-refractivity contribution is 7.92. The van der Waals surface area contributed by atoms with Crippen molar-refractivity contribution >= 4 is 21.6 Å². The molecule has 2 fully saturated rings. The number of nitrogens with zero attached hydrogens (tertiary/aromatic N) is 3. The van der Waals surface area contributed by atoms with E-state index in [1.807, 2.05) is 4.90 Å². The number of piperidine rings is 1. The highest BCUT2D eigenvalue weighted by Crippen LogP contribution is 2.29. The summed E-state index contributed by atoms with van der Waals surface area (Å²) in [5.41, 5.74) is 0.516. The van der Waals surface area contributed by atoms with Crippen LogP contribution < -0.4 is 9.04 Å². The van der Waals surface area contributed by atoms with Gasteiger partial charge in [0.15, 0.2) is 0 Å². The average Bonchev–Trinajstić information content (AvgIpc) is 3.26. The molecule has 2 aliphatic rings. The zero-order valence-corrected chi connectivity index (χ0v) is 18.4. The molecule has 2 heterocycles. The van der Waals surface area contributed by atoms with Crippen molar-refractivity contribution in [1.29, 1.82) is 0 Å². The van der Waals surface area contributed by atoms with Crippen molar-refractivity contribution in [3.05, 3.63) is 18.3 Å². The minimum absolute atomic E-state index is 0.0318. The molecule has 0 bridgehead atoms. The van der Waals surface area contributed by atoms with Gasteiger partial charge in [-0.25, -0.2) is 13.4 Å². The summed E-state index contributed by atoms with van der Waals surface area (Å²) in [4.78, 5) is 18.7. The second-order valence-electron chi connectivity index (χ2n) is 8.11. The number of aromatic nitrogens is 1. The number of ether oxygens (including phenoxy) is 1. The molecule has 1 amide bonds. The van der Waals surface area contributed by atoms with E-state index in [0.717, 1.165) is 38.3 Å². The van der Waals surface area contributed by atoms with Crippen LogP contribution in [0.2, 0.25) is 0 Å². The summed E-state index contributed by atoms with van der Waals surface area (Å²) in [6, 6.07) is 3.41. The van der Waals surface area contributed by atoms with E-state index in [1.54, 1.807) is 19.1 Å². The predicted octanol–water partition coefficient (Wildman–Crippen LogP) is 3.21. The summed E-state index contributed by atoms with van der Waals surface area (Å²) in [5.74, 6) is 1.56. The van der Waals surface area contributed by atoms with E-state index < -0.39 is 10.0 Å². The number of hydrogen-bond acceptors (Lipinski definition) is 5. The zero-order chi connectivity index (χ0) is 20.9. The van der Waals surface area contributed by atoms with E-state index in [0.29, 0.717) is 18.0 Å². The molecule has 1 aliphatic heterocycles. The molecule has 1 aromatic rings. The molecule has 162 valence electrons. The predicted molar refractivity (Wildman–Crippen MR) is 114 cm³/mol. The van der Waals surface area contributed by atoms with Crippen molar-refractivity contribution < 1.29 is 17.9 Å². The summed E-state index contributed by atoms with van der Waals surface area (Å²) in [6.45, 7) is 3.07. The Kier molecular flexibility index (Phi) is 7.38. The van der Waals surface area contributed by atoms with E-state index in [1.165, 1.54) is 43.2 Å². The van der Waals surface area contributed by atoms with Gasteiger partial charge in [-0.3, -0.25) is 9.10 Å². The molecule has 29 heavy (non-hydrogen) atoms. The molecular weight excluding hydrogens is 390 g/mol. The first-order chi connectivity index (χ1) is 13.9. The van der Waals surface area contributed by atoms with Crippen LogP contribution in [0, 0.1) is 5.92 Å². The topological polar surface area (TPSA) is 79.8 Å². The monoisotopic (exact) mass is 423 g/mol. The van der Waals surface area contributed by atoms with Crippen LogP contribution >= 0.6 is 0 Å². The third-order valence-electron chi connectivity index (χ3n) is 6.19. The maximum Gasteiger partial charge on any atom is 0.234 e. The number of hydrogen-bond donors (Lipinski definition) is 0. The Labute approximate surface area is 174 Å². The molecule has 0 N–H and O–H groups in total. The molecule has 1 saturated heterocycles. The van der Waals surface area contributed by atoms with Gasteiger partial charge in [0.05, 0.1) is 17.6 Å². The van der Waals surface area contributed by atoms with Crippen molar-refractivity contribution in [2.24, 2.45) is 5.92 Å². The van der Waals surface area contributed by atoms with Crippen molar-refractivity contribution in [2.45, 2.75) is 64.4 Å². The molecular formula is C21H33N3O4S. The van der Waals surface area contributed by atoms with E-state index in [2.05, 4.69) is 4.98 Å². The first kappa shape index (κ1) is 21.9. The van der Waals surface area contributed by atoms with Crippen molar-refractivity contribution in [3.63, 3.8) is 0 Å². The van der Waals surface area contributed by atoms with E-state index in [-0.39, 0.29) is 17.8 Å². The van der Waals surface area contributed by atoms with Gasteiger partial charge in [0, 0.05) is 45.5 Å². The molecule has 0 unspecified atom stereocenters. The van der Waals surface area contributed by atoms with Crippen LogP contribution in [0.4, 0.5) is 5.69 Å². The molecule has 0 aromatic carbocycles. The summed E-state index contributed by atoms with van der Waals surface area (Å²) in [6.07, 6.45) is 10.1. The van der Waals surface area contributed by atoms with Gasteiger partial charge in [-0.15, -0.1) is 0 Å². The normalized spacial score (nSPS) is 18.8. The first-order valence-electron chi connectivity index (χ1n) is 10.8. The number of rotatable bonds is 8. The lowest BCUT2D eigenvalue weighted by molar-refractivity contribution is -0.133. The lowest BCUT2D eigenvalue weighted by Crippen LogP contribution is -2.41. The molecule has 0 radical (unpaired) electrons. The second-order valence-corrected chi connectivity index (χ2v) is 10.4. The summed E-state index contributed by atoms with van der Waals surface area (Å²) in [7, 11) is -1.78. The number of amides is 1. The Morgan fingerprint density at radius 3 is 2.48 bits per heavy atom. The van der Waals surface area contributed by atoms with Gasteiger partial charge in [-0.1, -0.05) is 25.7 Å². The van der Waals surface area contributed by atoms with E-state index >= 15 is 0 Å². The highest BCUT2D eigenvalue weighted by Gasteiger charge is 2.25. The van der Waals surface area contributed by atoms with Crippen LogP contribution in [0.5, 0.6) is 5.88 Å². The minimum atomic E-state index is -3.30. The van der Waals surface area contributed by atoms with Gasteiger partial charge in [0.2, 0.25) is 21.8 Å². The number of pyridine rings is 1. The van der Waals surface area contributed by atoms with Gasteiger partial charge in [0.1, 0.15) is 6.10 Å². The molecule has 1 aliphatic carbocycles. The Balaban J connectivity index is 1.43. The van der Waals surface area contributed by atoms with E-state index in [9.17, 15) is 13.2 Å². The van der Waals surface area contributed by atoms with E-state index in [4.69, 9.17) is 4.74 Å². The number of likely N-dealkylation sites (tertiary alicyclic amines) is 1. The second kappa shape index (κ2) is 9.78. The van der Waals surface area contributed by atoms with Gasteiger partial charge in [0.25, 0.3) is 0 Å². The molecule has 7 nitrogen and oxygen atoms in total. The van der Waals surface area contributed by atoms with Crippen LogP contribution in [0.25, 0.3) is 0 Å². The highest BCUT2D eigenvalue weighted by atomic mass is 32.2. The quantitative estimate of drug-likeness (QED) is 0.641. The Bertz CT molecular complexity index is 768. The molecule has 1 aromatic heterocycles. The van der Waals surface area contributed by atoms with Crippen molar-refractivity contribution in [1.82, 2.24) is 9.88 Å². The van der Waals surface area contributed by atoms with Crippen LogP contribution in [-0.4, -0.2) is 56.2 Å². The Hall–Kier alpha value is -1.83. The van der Waals surface area contributed by atoms with Gasteiger partial charge in [-0.2, -0.15) is 0 Å². The smallest absolute Gasteiger partial charge is 0.234 e. The number of sulfonamides is 1. The summed E-state index contributed by atoms with van der Waals surface area (Å²) in [5, 5.41) is 0. The molecule has 1 saturated carbocycles. The van der Waals surface area contributed by atoms with Gasteiger partial charge >= 0.3 is 0 Å². The summed E-state index contributed by atoms with van der Waals surface area (Å²) >= 11 is 0. The average molecular weight is 424 g/mol. The van der Waals surface area contributed by atoms with Gasteiger partial charge in [-0.05, 0) is 25.3 Å². The standard InChI is InChI=1S/C21H33N3O4S/c1-3-29(26,27)23(2)18-9-10-20(22-16-18)28-19-12-14-24(15-13-19)21(25)11-8-17-6-4-5-7-17/h9-10,16-17,19H,3-8,11-15H2,1-2H3. The van der Waals surface area contributed by atoms with Crippen LogP contribution in [-0.2, 0) is 14.8 Å². The Morgan fingerprint density at radius 2 is 1.90 bits per heavy atom. The summed E-state index contributed by atoms with van der Waals surface area (Å²) < 4.78 is 31.1. The number of carbonyl (C=O) groups is 1. The molecule has 8 heteroatoms. The Morgan fingerprint density at radius 1 is 1.21 bits per heavy atom. The number of anilines is 1. The molecule has 0 spiro atoms. The van der Waals surface area contributed by atoms with Crippen molar-refractivity contribution in [3.8, 4) is 5.88 Å². The largest absolute Gasteiger partial charge is 0.474 e.